The normalized spacial score (nSPS) is 17.8. The Bertz CT molecular complexity index is 381. The van der Waals surface area contributed by atoms with E-state index in [1.807, 2.05) is 6.92 Å². The molecule has 3 nitrogen and oxygen atoms in total. The zero-order chi connectivity index (χ0) is 13.5. The van der Waals surface area contributed by atoms with Gasteiger partial charge in [0, 0.05) is 26.2 Å². The molecule has 0 spiro atoms. The Labute approximate surface area is 116 Å². The Morgan fingerprint density at radius 2 is 2.11 bits per heavy atom. The first-order chi connectivity index (χ1) is 9.33. The molecule has 2 N–H and O–H groups in total. The molecule has 1 aliphatic heterocycles. The molecule has 0 radical (unpaired) electrons. The maximum Gasteiger partial charge on any atom is 0.0709 e. The van der Waals surface area contributed by atoms with Gasteiger partial charge in [-0.1, -0.05) is 24.3 Å². The number of aryl methyl sites for hydroxylation is 1. The number of nitrogens with zero attached hydrogens (tertiary/aromatic N) is 1. The van der Waals surface area contributed by atoms with Gasteiger partial charge in [0.05, 0.1) is 6.10 Å². The SMILES string of the molecule is CCOC(CN)CCN1CCCc2ccccc2C1. The quantitative estimate of drug-likeness (QED) is 0.854. The summed E-state index contributed by atoms with van der Waals surface area (Å²) in [7, 11) is 0. The van der Waals surface area contributed by atoms with Crippen LogP contribution in [0.2, 0.25) is 0 Å². The molecule has 0 saturated carbocycles. The average molecular weight is 262 g/mol. The highest BCUT2D eigenvalue weighted by molar-refractivity contribution is 5.27. The van der Waals surface area contributed by atoms with Crippen molar-refractivity contribution in [1.82, 2.24) is 4.90 Å². The molecular formula is C16H26N2O. The van der Waals surface area contributed by atoms with Gasteiger partial charge in [0.1, 0.15) is 0 Å². The Balaban J connectivity index is 1.88. The number of nitrogens with two attached hydrogens (primary N) is 1. The molecule has 1 aromatic rings. The van der Waals surface area contributed by atoms with Gasteiger partial charge < -0.3 is 10.5 Å². The van der Waals surface area contributed by atoms with Gasteiger partial charge in [0.2, 0.25) is 0 Å². The lowest BCUT2D eigenvalue weighted by atomic mass is 10.0. The van der Waals surface area contributed by atoms with Gasteiger partial charge in [-0.3, -0.25) is 4.90 Å². The van der Waals surface area contributed by atoms with E-state index in [9.17, 15) is 0 Å². The van der Waals surface area contributed by atoms with Crippen LogP contribution in [0.4, 0.5) is 0 Å². The van der Waals surface area contributed by atoms with Crippen molar-refractivity contribution < 1.29 is 4.74 Å². The van der Waals surface area contributed by atoms with Gasteiger partial charge in [-0.25, -0.2) is 0 Å². The second-order valence-electron chi connectivity index (χ2n) is 5.25. The first-order valence-electron chi connectivity index (χ1n) is 7.44. The van der Waals surface area contributed by atoms with Crippen LogP contribution in [0.3, 0.4) is 0 Å². The van der Waals surface area contributed by atoms with E-state index in [4.69, 9.17) is 10.5 Å². The summed E-state index contributed by atoms with van der Waals surface area (Å²) < 4.78 is 5.63. The van der Waals surface area contributed by atoms with Crippen LogP contribution >= 0.6 is 0 Å². The fourth-order valence-electron chi connectivity index (χ4n) is 2.79. The smallest absolute Gasteiger partial charge is 0.0709 e. The van der Waals surface area contributed by atoms with Crippen molar-refractivity contribution in [3.63, 3.8) is 0 Å². The molecule has 2 rings (SSSR count). The van der Waals surface area contributed by atoms with Crippen LogP contribution in [-0.4, -0.2) is 37.2 Å². The molecule has 1 aromatic carbocycles. The summed E-state index contributed by atoms with van der Waals surface area (Å²) in [4.78, 5) is 2.54. The molecule has 0 aromatic heterocycles. The van der Waals surface area contributed by atoms with E-state index in [0.717, 1.165) is 26.1 Å². The van der Waals surface area contributed by atoms with Crippen molar-refractivity contribution in [2.75, 3.05) is 26.2 Å². The lowest BCUT2D eigenvalue weighted by molar-refractivity contribution is 0.0537. The summed E-state index contributed by atoms with van der Waals surface area (Å²) in [5.74, 6) is 0. The molecule has 1 unspecified atom stereocenters. The number of benzene rings is 1. The zero-order valence-corrected chi connectivity index (χ0v) is 12.0. The molecule has 1 atom stereocenters. The minimum Gasteiger partial charge on any atom is -0.377 e. The molecule has 0 aliphatic carbocycles. The molecule has 0 saturated heterocycles. The van der Waals surface area contributed by atoms with Crippen LogP contribution in [0.5, 0.6) is 0 Å². The fraction of sp³-hybridized carbons (Fsp3) is 0.625. The molecule has 19 heavy (non-hydrogen) atoms. The first kappa shape index (κ1) is 14.5. The molecular weight excluding hydrogens is 236 g/mol. The molecule has 3 heteroatoms. The summed E-state index contributed by atoms with van der Waals surface area (Å²) in [6.45, 7) is 6.74. The van der Waals surface area contributed by atoms with Crippen LogP contribution in [0.25, 0.3) is 0 Å². The maximum absolute atomic E-state index is 5.74. The van der Waals surface area contributed by atoms with E-state index in [1.165, 1.54) is 30.5 Å². The zero-order valence-electron chi connectivity index (χ0n) is 12.0. The number of rotatable bonds is 6. The predicted molar refractivity (Wildman–Crippen MR) is 79.1 cm³/mol. The van der Waals surface area contributed by atoms with Crippen molar-refractivity contribution in [2.45, 2.75) is 38.8 Å². The Morgan fingerprint density at radius 3 is 2.84 bits per heavy atom. The Kier molecular flexibility index (Phi) is 5.83. The molecule has 106 valence electrons. The molecule has 1 heterocycles. The van der Waals surface area contributed by atoms with E-state index in [-0.39, 0.29) is 6.10 Å². The summed E-state index contributed by atoms with van der Waals surface area (Å²) in [5, 5.41) is 0. The topological polar surface area (TPSA) is 38.5 Å². The summed E-state index contributed by atoms with van der Waals surface area (Å²) in [5.41, 5.74) is 8.74. The summed E-state index contributed by atoms with van der Waals surface area (Å²) in [6.07, 6.45) is 3.70. The van der Waals surface area contributed by atoms with Crippen LogP contribution in [-0.2, 0) is 17.7 Å². The average Bonchev–Trinajstić information content (AvgIpc) is 2.65. The van der Waals surface area contributed by atoms with Crippen LogP contribution < -0.4 is 5.73 Å². The second-order valence-corrected chi connectivity index (χ2v) is 5.25. The number of fused-ring (bicyclic) bond motifs is 1. The minimum atomic E-state index is 0.212. The van der Waals surface area contributed by atoms with Crippen molar-refractivity contribution in [2.24, 2.45) is 5.73 Å². The highest BCUT2D eigenvalue weighted by Gasteiger charge is 2.15. The van der Waals surface area contributed by atoms with Crippen LogP contribution in [0, 0.1) is 0 Å². The van der Waals surface area contributed by atoms with Gasteiger partial charge >= 0.3 is 0 Å². The van der Waals surface area contributed by atoms with E-state index in [1.54, 1.807) is 0 Å². The van der Waals surface area contributed by atoms with Crippen molar-refractivity contribution in [3.8, 4) is 0 Å². The summed E-state index contributed by atoms with van der Waals surface area (Å²) in [6, 6.07) is 8.82. The Hall–Kier alpha value is -0.900. The number of hydrogen-bond acceptors (Lipinski definition) is 3. The van der Waals surface area contributed by atoms with Crippen molar-refractivity contribution in [3.05, 3.63) is 35.4 Å². The standard InChI is InChI=1S/C16H26N2O/c1-2-19-16(12-17)9-11-18-10-5-8-14-6-3-4-7-15(14)13-18/h3-4,6-7,16H,2,5,8-13,17H2,1H3. The second kappa shape index (κ2) is 7.63. The minimum absolute atomic E-state index is 0.212. The van der Waals surface area contributed by atoms with E-state index < -0.39 is 0 Å². The van der Waals surface area contributed by atoms with Gasteiger partial charge in [-0.15, -0.1) is 0 Å². The van der Waals surface area contributed by atoms with E-state index >= 15 is 0 Å². The lowest BCUT2D eigenvalue weighted by Crippen LogP contribution is -2.31. The number of ether oxygens (including phenoxy) is 1. The van der Waals surface area contributed by atoms with E-state index in [0.29, 0.717) is 6.54 Å². The lowest BCUT2D eigenvalue weighted by Gasteiger charge is -2.23. The molecule has 1 aliphatic rings. The van der Waals surface area contributed by atoms with E-state index in [2.05, 4.69) is 29.2 Å². The van der Waals surface area contributed by atoms with Gasteiger partial charge in [0.15, 0.2) is 0 Å². The monoisotopic (exact) mass is 262 g/mol. The highest BCUT2D eigenvalue weighted by Crippen LogP contribution is 2.18. The third-order valence-corrected chi connectivity index (χ3v) is 3.87. The largest absolute Gasteiger partial charge is 0.377 e. The fourth-order valence-corrected chi connectivity index (χ4v) is 2.79. The van der Waals surface area contributed by atoms with Crippen LogP contribution in [0.15, 0.2) is 24.3 Å². The van der Waals surface area contributed by atoms with Gasteiger partial charge in [-0.05, 0) is 43.9 Å². The van der Waals surface area contributed by atoms with Crippen molar-refractivity contribution in [1.29, 1.82) is 0 Å². The highest BCUT2D eigenvalue weighted by atomic mass is 16.5. The predicted octanol–water partition coefficient (Wildman–Crippen LogP) is 2.19. The third kappa shape index (κ3) is 4.30. The molecule has 0 bridgehead atoms. The molecule has 0 fully saturated rings. The van der Waals surface area contributed by atoms with Gasteiger partial charge in [0.25, 0.3) is 0 Å². The van der Waals surface area contributed by atoms with Crippen molar-refractivity contribution >= 4 is 0 Å². The van der Waals surface area contributed by atoms with Gasteiger partial charge in [-0.2, -0.15) is 0 Å². The first-order valence-corrected chi connectivity index (χ1v) is 7.44. The maximum atomic E-state index is 5.74. The molecule has 0 amide bonds. The third-order valence-electron chi connectivity index (χ3n) is 3.87. The summed E-state index contributed by atoms with van der Waals surface area (Å²) >= 11 is 0. The number of hydrogen-bond donors (Lipinski definition) is 1. The Morgan fingerprint density at radius 1 is 1.32 bits per heavy atom. The van der Waals surface area contributed by atoms with Crippen LogP contribution in [0.1, 0.15) is 30.9 Å².